The highest BCUT2D eigenvalue weighted by atomic mass is 127. The molecule has 2 N–H and O–H groups in total. The summed E-state index contributed by atoms with van der Waals surface area (Å²) in [7, 11) is 0. The van der Waals surface area contributed by atoms with Crippen molar-refractivity contribution in [2.75, 3.05) is 65.6 Å². The molecule has 2 atom stereocenters. The van der Waals surface area contributed by atoms with Crippen LogP contribution in [0.3, 0.4) is 0 Å². The maximum absolute atomic E-state index is 5.56. The Hall–Kier alpha value is -0.420. The molecule has 2 saturated heterocycles. The van der Waals surface area contributed by atoms with Crippen LogP contribution in [0.5, 0.6) is 0 Å². The van der Waals surface area contributed by atoms with Gasteiger partial charge in [0.05, 0.1) is 19.3 Å². The molecule has 8 heteroatoms. The minimum absolute atomic E-state index is 0. The number of thiophene rings is 1. The second kappa shape index (κ2) is 14.6. The molecular weight excluding hydrogens is 509 g/mol. The highest BCUT2D eigenvalue weighted by Gasteiger charge is 2.23. The first kappa shape index (κ1) is 25.8. The van der Waals surface area contributed by atoms with Crippen molar-refractivity contribution in [1.29, 1.82) is 0 Å². The predicted octanol–water partition coefficient (Wildman–Crippen LogP) is 3.42. The number of nitrogens with zero attached hydrogens (tertiary/aromatic N) is 3. The van der Waals surface area contributed by atoms with Gasteiger partial charge in [0.25, 0.3) is 0 Å². The molecule has 0 amide bonds. The maximum atomic E-state index is 5.56. The average Bonchev–Trinajstić information content (AvgIpc) is 3.28. The van der Waals surface area contributed by atoms with E-state index in [4.69, 9.17) is 9.73 Å². The molecule has 30 heavy (non-hydrogen) atoms. The molecule has 6 nitrogen and oxygen atoms in total. The lowest BCUT2D eigenvalue weighted by Gasteiger charge is -2.34. The van der Waals surface area contributed by atoms with Crippen LogP contribution < -0.4 is 10.6 Å². The minimum atomic E-state index is 0. The molecule has 2 aliphatic heterocycles. The Morgan fingerprint density at radius 2 is 1.93 bits per heavy atom. The summed E-state index contributed by atoms with van der Waals surface area (Å²) in [5.74, 6) is 1.52. The number of hydrogen-bond acceptors (Lipinski definition) is 5. The van der Waals surface area contributed by atoms with Crippen molar-refractivity contribution in [3.05, 3.63) is 22.4 Å². The van der Waals surface area contributed by atoms with Gasteiger partial charge in [0.2, 0.25) is 0 Å². The number of aliphatic imine (C=N–C) groups is 1. The average molecular weight is 550 g/mol. The number of hydrogen-bond donors (Lipinski definition) is 2. The lowest BCUT2D eigenvalue weighted by atomic mass is 10.1. The van der Waals surface area contributed by atoms with Gasteiger partial charge in [-0.25, -0.2) is 0 Å². The van der Waals surface area contributed by atoms with E-state index in [1.807, 2.05) is 11.3 Å². The van der Waals surface area contributed by atoms with Gasteiger partial charge < -0.3 is 20.3 Å². The van der Waals surface area contributed by atoms with Gasteiger partial charge in [-0.2, -0.15) is 0 Å². The zero-order valence-electron chi connectivity index (χ0n) is 18.6. The third-order valence-electron chi connectivity index (χ3n) is 5.74. The topological polar surface area (TPSA) is 52.1 Å². The summed E-state index contributed by atoms with van der Waals surface area (Å²) >= 11 is 1.84. The van der Waals surface area contributed by atoms with Crippen molar-refractivity contribution in [3.63, 3.8) is 0 Å². The molecule has 0 radical (unpaired) electrons. The largest absolute Gasteiger partial charge is 0.379 e. The Bertz CT molecular complexity index is 588. The standard InChI is InChI=1S/C22H39N5OS.HI/c1-3-23-22(24-16-19(2)18-26-9-5-4-6-10-26)25-17-20(21-8-7-15-29-21)27-11-13-28-14-12-27;/h7-8,15,19-20H,3-6,9-14,16-18H2,1-2H3,(H2,23,24,25);1H. The van der Waals surface area contributed by atoms with Crippen LogP contribution in [0.1, 0.15) is 44.0 Å². The van der Waals surface area contributed by atoms with Crippen molar-refractivity contribution in [1.82, 2.24) is 20.4 Å². The lowest BCUT2D eigenvalue weighted by molar-refractivity contribution is 0.0177. The summed E-state index contributed by atoms with van der Waals surface area (Å²) in [6.45, 7) is 14.4. The van der Waals surface area contributed by atoms with Gasteiger partial charge in [0.1, 0.15) is 0 Å². The maximum Gasteiger partial charge on any atom is 0.191 e. The first-order chi connectivity index (χ1) is 14.3. The summed E-state index contributed by atoms with van der Waals surface area (Å²) in [5, 5.41) is 9.22. The number of halogens is 1. The molecule has 2 fully saturated rings. The molecule has 3 heterocycles. The number of piperidine rings is 1. The zero-order chi connectivity index (χ0) is 20.3. The molecule has 0 spiro atoms. The van der Waals surface area contributed by atoms with E-state index >= 15 is 0 Å². The van der Waals surface area contributed by atoms with Crippen LogP contribution in [-0.4, -0.2) is 81.3 Å². The Morgan fingerprint density at radius 3 is 2.60 bits per heavy atom. The first-order valence-corrected chi connectivity index (χ1v) is 12.2. The van der Waals surface area contributed by atoms with Gasteiger partial charge in [0, 0.05) is 44.1 Å². The monoisotopic (exact) mass is 549 g/mol. The fourth-order valence-corrected chi connectivity index (χ4v) is 5.06. The Morgan fingerprint density at radius 1 is 1.17 bits per heavy atom. The summed E-state index contributed by atoms with van der Waals surface area (Å²) in [4.78, 5) is 11.5. The second-order valence-electron chi connectivity index (χ2n) is 8.25. The Kier molecular flexibility index (Phi) is 12.6. The lowest BCUT2D eigenvalue weighted by Crippen LogP contribution is -2.46. The second-order valence-corrected chi connectivity index (χ2v) is 9.23. The van der Waals surface area contributed by atoms with Crippen LogP contribution >= 0.6 is 35.3 Å². The van der Waals surface area contributed by atoms with Crippen LogP contribution in [0.25, 0.3) is 0 Å². The molecule has 1 aromatic rings. The van der Waals surface area contributed by atoms with Gasteiger partial charge in [-0.15, -0.1) is 35.3 Å². The summed E-state index contributed by atoms with van der Waals surface area (Å²) in [6, 6.07) is 4.76. The van der Waals surface area contributed by atoms with Crippen molar-refractivity contribution in [2.45, 2.75) is 39.2 Å². The molecule has 3 rings (SSSR count). The van der Waals surface area contributed by atoms with Crippen molar-refractivity contribution >= 4 is 41.3 Å². The third kappa shape index (κ3) is 8.61. The summed E-state index contributed by atoms with van der Waals surface area (Å²) in [6.07, 6.45) is 4.10. The first-order valence-electron chi connectivity index (χ1n) is 11.4. The van der Waals surface area contributed by atoms with Crippen LogP contribution in [0.2, 0.25) is 0 Å². The van der Waals surface area contributed by atoms with Crippen LogP contribution in [0.4, 0.5) is 0 Å². The fourth-order valence-electron chi connectivity index (χ4n) is 4.20. The highest BCUT2D eigenvalue weighted by molar-refractivity contribution is 14.0. The number of guanidine groups is 1. The molecular formula is C22H40IN5OS. The van der Waals surface area contributed by atoms with Gasteiger partial charge in [-0.1, -0.05) is 19.4 Å². The molecule has 172 valence electrons. The van der Waals surface area contributed by atoms with E-state index in [2.05, 4.69) is 51.8 Å². The SMILES string of the molecule is CCNC(=NCC(C)CN1CCCCC1)NCC(c1cccs1)N1CCOCC1.I. The Balaban J connectivity index is 0.00000320. The van der Waals surface area contributed by atoms with Crippen molar-refractivity contribution in [2.24, 2.45) is 10.9 Å². The number of morpholine rings is 1. The number of nitrogens with one attached hydrogen (secondary N) is 2. The summed E-state index contributed by atoms with van der Waals surface area (Å²) < 4.78 is 5.56. The molecule has 2 aliphatic rings. The van der Waals surface area contributed by atoms with Crippen molar-refractivity contribution < 1.29 is 4.74 Å². The van der Waals surface area contributed by atoms with Gasteiger partial charge in [-0.05, 0) is 50.2 Å². The van der Waals surface area contributed by atoms with E-state index in [0.29, 0.717) is 12.0 Å². The van der Waals surface area contributed by atoms with Gasteiger partial charge >= 0.3 is 0 Å². The fraction of sp³-hybridized carbons (Fsp3) is 0.773. The van der Waals surface area contributed by atoms with E-state index in [1.165, 1.54) is 37.2 Å². The normalized spacial score (nSPS) is 20.9. The van der Waals surface area contributed by atoms with Crippen molar-refractivity contribution in [3.8, 4) is 0 Å². The van der Waals surface area contributed by atoms with Gasteiger partial charge in [0.15, 0.2) is 5.96 Å². The van der Waals surface area contributed by atoms with Crippen LogP contribution in [-0.2, 0) is 4.74 Å². The van der Waals surface area contributed by atoms with Crippen LogP contribution in [0.15, 0.2) is 22.5 Å². The number of likely N-dealkylation sites (tertiary alicyclic amines) is 1. The molecule has 0 saturated carbocycles. The van der Waals surface area contributed by atoms with E-state index in [-0.39, 0.29) is 24.0 Å². The predicted molar refractivity (Wildman–Crippen MR) is 138 cm³/mol. The third-order valence-corrected chi connectivity index (χ3v) is 6.72. The highest BCUT2D eigenvalue weighted by Crippen LogP contribution is 2.25. The van der Waals surface area contributed by atoms with Gasteiger partial charge in [-0.3, -0.25) is 9.89 Å². The molecule has 1 aromatic heterocycles. The minimum Gasteiger partial charge on any atom is -0.379 e. The smallest absolute Gasteiger partial charge is 0.191 e. The number of rotatable bonds is 9. The molecule has 0 bridgehead atoms. The number of ether oxygens (including phenoxy) is 1. The van der Waals surface area contributed by atoms with E-state index in [1.54, 1.807) is 0 Å². The van der Waals surface area contributed by atoms with E-state index in [9.17, 15) is 0 Å². The summed E-state index contributed by atoms with van der Waals surface area (Å²) in [5.41, 5.74) is 0. The quantitative estimate of drug-likeness (QED) is 0.281. The molecule has 0 aliphatic carbocycles. The van der Waals surface area contributed by atoms with E-state index < -0.39 is 0 Å². The van der Waals surface area contributed by atoms with E-state index in [0.717, 1.165) is 58.4 Å². The van der Waals surface area contributed by atoms with Crippen LogP contribution in [0, 0.1) is 5.92 Å². The Labute approximate surface area is 203 Å². The molecule has 0 aromatic carbocycles. The zero-order valence-corrected chi connectivity index (χ0v) is 21.8. The molecule has 2 unspecified atom stereocenters.